The fraction of sp³-hybridized carbons (Fsp3) is 0.250. The molecule has 27 heavy (non-hydrogen) atoms. The number of methoxy groups -OCH3 is 1. The molecular weight excluding hydrogens is 368 g/mol. The van der Waals surface area contributed by atoms with Crippen LogP contribution in [0.3, 0.4) is 0 Å². The van der Waals surface area contributed by atoms with E-state index in [4.69, 9.17) is 16.3 Å². The van der Waals surface area contributed by atoms with E-state index in [0.717, 1.165) is 4.90 Å². The topological polar surface area (TPSA) is 75.7 Å². The number of carbonyl (C=O) groups is 3. The van der Waals surface area contributed by atoms with Gasteiger partial charge in [-0.25, -0.2) is 4.79 Å². The minimum absolute atomic E-state index is 0.0188. The van der Waals surface area contributed by atoms with Gasteiger partial charge >= 0.3 is 6.03 Å². The third-order valence-corrected chi connectivity index (χ3v) is 5.03. The molecule has 1 N–H and O–H groups in total. The van der Waals surface area contributed by atoms with Crippen LogP contribution >= 0.6 is 11.6 Å². The Bertz CT molecular complexity index is 943. The summed E-state index contributed by atoms with van der Waals surface area (Å²) in [5, 5.41) is 3.12. The zero-order chi connectivity index (χ0) is 19.8. The Kier molecular flexibility index (Phi) is 4.93. The van der Waals surface area contributed by atoms with Gasteiger partial charge < -0.3 is 10.1 Å². The standard InChI is InChI=1S/C20H19ClN2O4/c1-12(24)13-8-9-17(27-3)14(10-13)11-23-18(25)20(2,22-19(23)26)15-6-4-5-7-16(15)21/h4-10H,11H2,1-3H3,(H,22,26). The molecule has 1 fully saturated rings. The molecule has 0 spiro atoms. The molecular formula is C20H19ClN2O4. The largest absolute Gasteiger partial charge is 0.496 e. The summed E-state index contributed by atoms with van der Waals surface area (Å²) in [5.41, 5.74) is 0.307. The van der Waals surface area contributed by atoms with Crippen molar-refractivity contribution in [1.82, 2.24) is 10.2 Å². The number of imide groups is 1. The van der Waals surface area contributed by atoms with E-state index in [-0.39, 0.29) is 12.3 Å². The van der Waals surface area contributed by atoms with Crippen molar-refractivity contribution in [2.75, 3.05) is 7.11 Å². The molecule has 1 atom stereocenters. The summed E-state index contributed by atoms with van der Waals surface area (Å²) in [7, 11) is 1.49. The van der Waals surface area contributed by atoms with Crippen LogP contribution in [0.25, 0.3) is 0 Å². The van der Waals surface area contributed by atoms with Crippen LogP contribution in [0.2, 0.25) is 5.02 Å². The number of carbonyl (C=O) groups excluding carboxylic acids is 3. The molecule has 0 aromatic heterocycles. The average molecular weight is 387 g/mol. The Morgan fingerprint density at radius 2 is 1.93 bits per heavy atom. The first kappa shape index (κ1) is 18.9. The number of amides is 3. The van der Waals surface area contributed by atoms with Crippen molar-refractivity contribution in [3.05, 3.63) is 64.2 Å². The van der Waals surface area contributed by atoms with Gasteiger partial charge in [-0.2, -0.15) is 0 Å². The first-order valence-corrected chi connectivity index (χ1v) is 8.72. The molecule has 0 bridgehead atoms. The van der Waals surface area contributed by atoms with Crippen LogP contribution in [0.1, 0.15) is 35.3 Å². The number of ketones is 1. The van der Waals surface area contributed by atoms with Gasteiger partial charge in [-0.15, -0.1) is 0 Å². The molecule has 140 valence electrons. The van der Waals surface area contributed by atoms with E-state index < -0.39 is 17.5 Å². The van der Waals surface area contributed by atoms with Crippen molar-refractivity contribution < 1.29 is 19.1 Å². The molecule has 2 aromatic rings. The van der Waals surface area contributed by atoms with Crippen molar-refractivity contribution in [2.45, 2.75) is 25.9 Å². The van der Waals surface area contributed by atoms with E-state index in [0.29, 0.717) is 27.5 Å². The van der Waals surface area contributed by atoms with E-state index in [9.17, 15) is 14.4 Å². The first-order chi connectivity index (χ1) is 12.8. The monoisotopic (exact) mass is 386 g/mol. The second-order valence-corrected chi connectivity index (χ2v) is 6.92. The van der Waals surface area contributed by atoms with E-state index in [1.54, 1.807) is 49.4 Å². The van der Waals surface area contributed by atoms with Crippen LogP contribution in [0.4, 0.5) is 4.79 Å². The average Bonchev–Trinajstić information content (AvgIpc) is 2.85. The molecule has 2 aromatic carbocycles. The summed E-state index contributed by atoms with van der Waals surface area (Å²) >= 11 is 6.24. The number of benzene rings is 2. The molecule has 0 saturated carbocycles. The fourth-order valence-corrected chi connectivity index (χ4v) is 3.51. The number of nitrogens with one attached hydrogen (secondary N) is 1. The van der Waals surface area contributed by atoms with E-state index >= 15 is 0 Å². The van der Waals surface area contributed by atoms with Crippen molar-refractivity contribution in [3.8, 4) is 5.75 Å². The Balaban J connectivity index is 1.97. The molecule has 0 aliphatic carbocycles. The highest BCUT2D eigenvalue weighted by Gasteiger charge is 2.49. The van der Waals surface area contributed by atoms with E-state index in [1.807, 2.05) is 0 Å². The van der Waals surface area contributed by atoms with Gasteiger partial charge in [0, 0.05) is 21.7 Å². The number of nitrogens with zero attached hydrogens (tertiary/aromatic N) is 1. The quantitative estimate of drug-likeness (QED) is 0.630. The van der Waals surface area contributed by atoms with Crippen molar-refractivity contribution in [1.29, 1.82) is 0 Å². The Hall–Kier alpha value is -2.86. The zero-order valence-electron chi connectivity index (χ0n) is 15.2. The summed E-state index contributed by atoms with van der Waals surface area (Å²) in [6, 6.07) is 11.3. The maximum absolute atomic E-state index is 13.1. The SMILES string of the molecule is COc1ccc(C(C)=O)cc1CN1C(=O)NC(C)(c2ccccc2Cl)C1=O. The summed E-state index contributed by atoms with van der Waals surface area (Å²) < 4.78 is 5.31. The molecule has 1 saturated heterocycles. The second kappa shape index (κ2) is 7.04. The molecule has 3 rings (SSSR count). The molecule has 1 unspecified atom stereocenters. The van der Waals surface area contributed by atoms with Crippen LogP contribution < -0.4 is 10.1 Å². The lowest BCUT2D eigenvalue weighted by Crippen LogP contribution is -2.41. The van der Waals surface area contributed by atoms with Gasteiger partial charge in [0.2, 0.25) is 0 Å². The van der Waals surface area contributed by atoms with Crippen molar-refractivity contribution in [2.24, 2.45) is 0 Å². The summed E-state index contributed by atoms with van der Waals surface area (Å²) in [4.78, 5) is 38.4. The van der Waals surface area contributed by atoms with E-state index in [1.165, 1.54) is 14.0 Å². The smallest absolute Gasteiger partial charge is 0.325 e. The highest BCUT2D eigenvalue weighted by Crippen LogP contribution is 2.34. The number of hydrogen-bond acceptors (Lipinski definition) is 4. The van der Waals surface area contributed by atoms with Crippen molar-refractivity contribution >= 4 is 29.3 Å². The molecule has 0 radical (unpaired) electrons. The Morgan fingerprint density at radius 3 is 2.56 bits per heavy atom. The normalized spacial score (nSPS) is 19.2. The molecule has 1 aliphatic heterocycles. The minimum atomic E-state index is -1.26. The van der Waals surface area contributed by atoms with Crippen LogP contribution in [-0.4, -0.2) is 29.7 Å². The van der Waals surface area contributed by atoms with Crippen LogP contribution in [-0.2, 0) is 16.9 Å². The van der Waals surface area contributed by atoms with Crippen molar-refractivity contribution in [3.63, 3.8) is 0 Å². The van der Waals surface area contributed by atoms with Gasteiger partial charge in [0.05, 0.1) is 13.7 Å². The third-order valence-electron chi connectivity index (χ3n) is 4.70. The summed E-state index contributed by atoms with van der Waals surface area (Å²) in [6.07, 6.45) is 0. The number of Topliss-reactive ketones (excluding diaryl/α,β-unsaturated/α-hetero) is 1. The molecule has 6 nitrogen and oxygen atoms in total. The summed E-state index contributed by atoms with van der Waals surface area (Å²) in [5.74, 6) is -0.0418. The molecule has 1 aliphatic rings. The number of rotatable bonds is 5. The maximum Gasteiger partial charge on any atom is 0.325 e. The van der Waals surface area contributed by atoms with E-state index in [2.05, 4.69) is 5.32 Å². The Morgan fingerprint density at radius 1 is 1.22 bits per heavy atom. The fourth-order valence-electron chi connectivity index (χ4n) is 3.18. The van der Waals surface area contributed by atoms with Crippen LogP contribution in [0.15, 0.2) is 42.5 Å². The van der Waals surface area contributed by atoms with Gasteiger partial charge in [0.15, 0.2) is 5.78 Å². The second-order valence-electron chi connectivity index (χ2n) is 6.51. The lowest BCUT2D eigenvalue weighted by Gasteiger charge is -2.23. The number of urea groups is 1. The molecule has 1 heterocycles. The first-order valence-electron chi connectivity index (χ1n) is 8.35. The lowest BCUT2D eigenvalue weighted by molar-refractivity contribution is -0.131. The third kappa shape index (κ3) is 3.28. The Labute approximate surface area is 162 Å². The number of ether oxygens (including phenoxy) is 1. The minimum Gasteiger partial charge on any atom is -0.496 e. The zero-order valence-corrected chi connectivity index (χ0v) is 16.0. The predicted molar refractivity (Wildman–Crippen MR) is 101 cm³/mol. The highest BCUT2D eigenvalue weighted by atomic mass is 35.5. The van der Waals surface area contributed by atoms with Gasteiger partial charge in [0.1, 0.15) is 11.3 Å². The number of halogens is 1. The number of hydrogen-bond donors (Lipinski definition) is 1. The van der Waals surface area contributed by atoms with Crippen LogP contribution in [0, 0.1) is 0 Å². The highest BCUT2D eigenvalue weighted by molar-refractivity contribution is 6.32. The lowest BCUT2D eigenvalue weighted by atomic mass is 9.92. The predicted octanol–water partition coefficient (Wildman–Crippen LogP) is 3.52. The molecule has 3 amide bonds. The van der Waals surface area contributed by atoms with Gasteiger partial charge in [-0.3, -0.25) is 14.5 Å². The van der Waals surface area contributed by atoms with Gasteiger partial charge in [-0.05, 0) is 38.1 Å². The molecule has 7 heteroatoms. The maximum atomic E-state index is 13.1. The summed E-state index contributed by atoms with van der Waals surface area (Å²) in [6.45, 7) is 3.06. The van der Waals surface area contributed by atoms with Gasteiger partial charge in [0.25, 0.3) is 5.91 Å². The van der Waals surface area contributed by atoms with Gasteiger partial charge in [-0.1, -0.05) is 29.8 Å². The van der Waals surface area contributed by atoms with Crippen LogP contribution in [0.5, 0.6) is 5.75 Å².